The minimum absolute atomic E-state index is 0.0706. The number of rotatable bonds is 10. The molecule has 0 radical (unpaired) electrons. The number of carboxylic acid groups (broad SMARTS) is 1. The molecule has 2 saturated heterocycles. The van der Waals surface area contributed by atoms with E-state index >= 15 is 4.39 Å². The summed E-state index contributed by atoms with van der Waals surface area (Å²) in [7, 11) is 2.02. The Kier molecular flexibility index (Phi) is 10.4. The van der Waals surface area contributed by atoms with Gasteiger partial charge in [-0.25, -0.2) is 19.6 Å². The van der Waals surface area contributed by atoms with Crippen LogP contribution in [0.3, 0.4) is 0 Å². The largest absolute Gasteiger partial charge is 0.480 e. The van der Waals surface area contributed by atoms with E-state index in [4.69, 9.17) is 0 Å². The summed E-state index contributed by atoms with van der Waals surface area (Å²) in [6, 6.07) is 15.2. The second kappa shape index (κ2) is 14.8. The molecule has 4 N–H and O–H groups in total. The average molecular weight is 619 g/mol. The van der Waals surface area contributed by atoms with E-state index in [0.717, 1.165) is 18.7 Å². The molecule has 2 aliphatic heterocycles. The first-order chi connectivity index (χ1) is 21.8. The number of urea groups is 1. The lowest BCUT2D eigenvalue weighted by molar-refractivity contribution is -0.142. The number of aliphatic carboxylic acids is 1. The van der Waals surface area contributed by atoms with Crippen LogP contribution >= 0.6 is 0 Å². The monoisotopic (exact) mass is 618 g/mol. The summed E-state index contributed by atoms with van der Waals surface area (Å²) >= 11 is 0. The van der Waals surface area contributed by atoms with Crippen molar-refractivity contribution in [3.63, 3.8) is 0 Å². The zero-order chi connectivity index (χ0) is 31.8. The van der Waals surface area contributed by atoms with Crippen molar-refractivity contribution in [2.24, 2.45) is 5.92 Å². The fourth-order valence-electron chi connectivity index (χ4n) is 5.53. The van der Waals surface area contributed by atoms with Gasteiger partial charge in [0.05, 0.1) is 5.92 Å². The molecule has 0 saturated carbocycles. The Hall–Kier alpha value is -4.78. The van der Waals surface area contributed by atoms with Gasteiger partial charge in [-0.05, 0) is 43.1 Å². The van der Waals surface area contributed by atoms with E-state index in [9.17, 15) is 19.5 Å². The topological polar surface area (TPSA) is 143 Å². The number of nitrogens with zero attached hydrogens (tertiary/aromatic N) is 5. The average Bonchev–Trinajstić information content (AvgIpc) is 3.05. The lowest BCUT2D eigenvalue weighted by atomic mass is 9.96. The van der Waals surface area contributed by atoms with Crippen molar-refractivity contribution in [3.8, 4) is 0 Å². The van der Waals surface area contributed by atoms with Crippen LogP contribution in [0.4, 0.5) is 26.5 Å². The maximum absolute atomic E-state index is 15.4. The van der Waals surface area contributed by atoms with Gasteiger partial charge in [0.2, 0.25) is 11.7 Å². The summed E-state index contributed by atoms with van der Waals surface area (Å²) in [4.78, 5) is 51.8. The number of carbonyl (C=O) groups excluding carboxylic acids is 2. The van der Waals surface area contributed by atoms with Crippen LogP contribution in [0.25, 0.3) is 0 Å². The van der Waals surface area contributed by atoms with Crippen molar-refractivity contribution < 1.29 is 23.9 Å². The van der Waals surface area contributed by atoms with Crippen LogP contribution in [0.15, 0.2) is 60.9 Å². The molecule has 3 heterocycles. The number of likely N-dealkylation sites (N-methyl/N-ethyl adjacent to an activating group) is 1. The van der Waals surface area contributed by atoms with Gasteiger partial charge in [0.25, 0.3) is 0 Å². The molecule has 5 rings (SSSR count). The fourth-order valence-corrected chi connectivity index (χ4v) is 5.53. The van der Waals surface area contributed by atoms with Gasteiger partial charge in [-0.2, -0.15) is 4.39 Å². The third-order valence-corrected chi connectivity index (χ3v) is 8.22. The van der Waals surface area contributed by atoms with Gasteiger partial charge >= 0.3 is 12.0 Å². The van der Waals surface area contributed by atoms with E-state index in [1.165, 1.54) is 6.33 Å². The number of carboxylic acids is 1. The van der Waals surface area contributed by atoms with E-state index in [2.05, 4.69) is 30.8 Å². The molecule has 2 atom stereocenters. The van der Waals surface area contributed by atoms with Crippen LogP contribution in [-0.2, 0) is 22.6 Å². The minimum atomic E-state index is -1.15. The fraction of sp³-hybridized carbons (Fsp3) is 0.406. The van der Waals surface area contributed by atoms with Gasteiger partial charge in [0.15, 0.2) is 11.6 Å². The number of anilines is 3. The zero-order valence-corrected chi connectivity index (χ0v) is 25.3. The molecule has 13 heteroatoms. The Morgan fingerprint density at radius 2 is 1.71 bits per heavy atom. The first kappa shape index (κ1) is 31.6. The molecule has 238 valence electrons. The molecular weight excluding hydrogens is 579 g/mol. The van der Waals surface area contributed by atoms with Gasteiger partial charge in [-0.15, -0.1) is 0 Å². The Balaban J connectivity index is 1.16. The van der Waals surface area contributed by atoms with E-state index in [-0.39, 0.29) is 30.6 Å². The van der Waals surface area contributed by atoms with Crippen molar-refractivity contribution in [2.75, 3.05) is 61.8 Å². The molecule has 0 bridgehead atoms. The van der Waals surface area contributed by atoms with E-state index in [1.54, 1.807) is 34.1 Å². The smallest absolute Gasteiger partial charge is 0.326 e. The molecular formula is C32H39FN8O4. The van der Waals surface area contributed by atoms with Gasteiger partial charge in [-0.3, -0.25) is 4.79 Å². The molecule has 2 fully saturated rings. The highest BCUT2D eigenvalue weighted by Crippen LogP contribution is 2.27. The third-order valence-electron chi connectivity index (χ3n) is 8.22. The minimum Gasteiger partial charge on any atom is -0.480 e. The van der Waals surface area contributed by atoms with Crippen molar-refractivity contribution in [2.45, 2.75) is 31.8 Å². The van der Waals surface area contributed by atoms with Crippen molar-refractivity contribution in [1.29, 1.82) is 0 Å². The van der Waals surface area contributed by atoms with Gasteiger partial charge in [0.1, 0.15) is 12.4 Å². The molecule has 0 aliphatic carbocycles. The molecule has 3 amide bonds. The van der Waals surface area contributed by atoms with Crippen molar-refractivity contribution in [1.82, 2.24) is 25.1 Å². The van der Waals surface area contributed by atoms with Crippen LogP contribution < -0.4 is 20.9 Å². The third kappa shape index (κ3) is 8.44. The number of piperazine rings is 1. The zero-order valence-electron chi connectivity index (χ0n) is 25.3. The summed E-state index contributed by atoms with van der Waals surface area (Å²) in [6.07, 6.45) is 2.52. The van der Waals surface area contributed by atoms with Gasteiger partial charge in [0, 0.05) is 57.9 Å². The number of halogens is 1. The molecule has 0 spiro atoms. The number of aromatic nitrogens is 2. The molecule has 1 unspecified atom stereocenters. The summed E-state index contributed by atoms with van der Waals surface area (Å²) in [6.45, 7) is 4.04. The molecule has 12 nitrogen and oxygen atoms in total. The number of hydrogen-bond acceptors (Lipinski definition) is 8. The highest BCUT2D eigenvalue weighted by Gasteiger charge is 2.31. The summed E-state index contributed by atoms with van der Waals surface area (Å²) in [5.41, 5.74) is 2.28. The molecule has 45 heavy (non-hydrogen) atoms. The van der Waals surface area contributed by atoms with Crippen molar-refractivity contribution >= 4 is 35.2 Å². The molecule has 3 aromatic rings. The van der Waals surface area contributed by atoms with Gasteiger partial charge < -0.3 is 35.8 Å². The maximum atomic E-state index is 15.4. The number of amides is 3. The predicted octanol–water partition coefficient (Wildman–Crippen LogP) is 3.04. The lowest BCUT2D eigenvalue weighted by Crippen LogP contribution is -2.49. The standard InChI is InChI=1S/C32H39FN8O4/c1-39-14-16-40(17-15-39)32(45)37-25-11-9-22(10-12-25)18-26(31(43)44)38-30(42)24-8-5-13-41(20-24)29-27(33)28(35-21-36-29)34-19-23-6-3-2-4-7-23/h2-4,6-7,9-12,21,24,26H,5,8,13-20H2,1H3,(H,37,45)(H,38,42)(H,43,44)(H,34,35,36)/t24?,26-/m0/s1. The number of benzene rings is 2. The van der Waals surface area contributed by atoms with Crippen LogP contribution in [0.1, 0.15) is 24.0 Å². The Morgan fingerprint density at radius 3 is 2.42 bits per heavy atom. The Labute approximate surface area is 261 Å². The molecule has 2 aromatic carbocycles. The van der Waals surface area contributed by atoms with E-state index in [1.807, 2.05) is 37.4 Å². The molecule has 1 aromatic heterocycles. The maximum Gasteiger partial charge on any atom is 0.326 e. The first-order valence-corrected chi connectivity index (χ1v) is 15.2. The summed E-state index contributed by atoms with van der Waals surface area (Å²) in [5.74, 6) is -2.51. The highest BCUT2D eigenvalue weighted by molar-refractivity contribution is 5.89. The second-order valence-electron chi connectivity index (χ2n) is 11.5. The number of carbonyl (C=O) groups is 3. The van der Waals surface area contributed by atoms with Crippen LogP contribution in [0.2, 0.25) is 0 Å². The van der Waals surface area contributed by atoms with Gasteiger partial charge in [-0.1, -0.05) is 42.5 Å². The number of nitrogens with one attached hydrogen (secondary N) is 3. The molecule has 2 aliphatic rings. The quantitative estimate of drug-likeness (QED) is 0.270. The van der Waals surface area contributed by atoms with E-state index < -0.39 is 29.7 Å². The van der Waals surface area contributed by atoms with Crippen LogP contribution in [0, 0.1) is 11.7 Å². The predicted molar refractivity (Wildman–Crippen MR) is 168 cm³/mol. The SMILES string of the molecule is CN1CCN(C(=O)Nc2ccc(C[C@H](NC(=O)C3CCCN(c4ncnc(NCc5ccccc5)c4F)C3)C(=O)O)cc2)CC1. The second-order valence-corrected chi connectivity index (χ2v) is 11.5. The normalized spacial score (nSPS) is 17.8. The Morgan fingerprint density at radius 1 is 0.978 bits per heavy atom. The Bertz CT molecular complexity index is 1470. The van der Waals surface area contributed by atoms with Crippen LogP contribution in [0.5, 0.6) is 0 Å². The lowest BCUT2D eigenvalue weighted by Gasteiger charge is -2.33. The summed E-state index contributed by atoms with van der Waals surface area (Å²) in [5, 5.41) is 18.5. The first-order valence-electron chi connectivity index (χ1n) is 15.2. The van der Waals surface area contributed by atoms with Crippen LogP contribution in [-0.4, -0.2) is 95.1 Å². The van der Waals surface area contributed by atoms with E-state index in [0.29, 0.717) is 50.3 Å². The highest BCUT2D eigenvalue weighted by atomic mass is 19.1. The summed E-state index contributed by atoms with van der Waals surface area (Å²) < 4.78 is 15.4. The number of piperidine rings is 1. The number of hydrogen-bond donors (Lipinski definition) is 4. The van der Waals surface area contributed by atoms with Crippen molar-refractivity contribution in [3.05, 3.63) is 77.9 Å².